The Morgan fingerprint density at radius 1 is 0.833 bits per heavy atom. The third kappa shape index (κ3) is 3.64. The van der Waals surface area contributed by atoms with Crippen molar-refractivity contribution < 1.29 is 4.57 Å². The standard InChI is InChI=1S/C20H19INOP/c1-16(17-10-4-2-5-11-17)22-24(23,18-12-6-3-7-13-18)20-15-9-8-14-19(20)21/h2-16H,1H3,(H,22,23). The van der Waals surface area contributed by atoms with Gasteiger partial charge in [-0.1, -0.05) is 60.7 Å². The van der Waals surface area contributed by atoms with Crippen molar-refractivity contribution in [2.24, 2.45) is 0 Å². The summed E-state index contributed by atoms with van der Waals surface area (Å²) in [4.78, 5) is 0. The van der Waals surface area contributed by atoms with Crippen LogP contribution in [0.3, 0.4) is 0 Å². The van der Waals surface area contributed by atoms with E-state index in [0.717, 1.165) is 19.7 Å². The normalized spacial score (nSPS) is 14.8. The number of hydrogen-bond acceptors (Lipinski definition) is 1. The van der Waals surface area contributed by atoms with Crippen LogP contribution in [0.1, 0.15) is 18.5 Å². The molecule has 0 saturated heterocycles. The van der Waals surface area contributed by atoms with Crippen molar-refractivity contribution in [2.75, 3.05) is 0 Å². The van der Waals surface area contributed by atoms with E-state index in [-0.39, 0.29) is 6.04 Å². The number of halogens is 1. The van der Waals surface area contributed by atoms with Gasteiger partial charge in [-0.15, -0.1) is 0 Å². The highest BCUT2D eigenvalue weighted by Crippen LogP contribution is 2.42. The minimum atomic E-state index is -2.94. The Morgan fingerprint density at radius 3 is 2.00 bits per heavy atom. The van der Waals surface area contributed by atoms with Crippen molar-refractivity contribution in [3.63, 3.8) is 0 Å². The van der Waals surface area contributed by atoms with Gasteiger partial charge in [-0.05, 0) is 59.3 Å². The topological polar surface area (TPSA) is 29.1 Å². The van der Waals surface area contributed by atoms with E-state index in [1.165, 1.54) is 0 Å². The Kier molecular flexibility index (Phi) is 5.54. The minimum Gasteiger partial charge on any atom is -0.296 e. The summed E-state index contributed by atoms with van der Waals surface area (Å²) >= 11 is 2.26. The number of rotatable bonds is 5. The molecule has 0 amide bonds. The van der Waals surface area contributed by atoms with E-state index in [0.29, 0.717) is 0 Å². The molecule has 0 radical (unpaired) electrons. The molecule has 3 rings (SSSR count). The SMILES string of the molecule is CC(NP(=O)(c1ccccc1)c1ccccc1I)c1ccccc1. The van der Waals surface area contributed by atoms with E-state index >= 15 is 0 Å². The molecular formula is C20H19INOP. The maximum atomic E-state index is 14.1. The summed E-state index contributed by atoms with van der Waals surface area (Å²) in [6.45, 7) is 2.06. The highest BCUT2D eigenvalue weighted by atomic mass is 127. The second-order valence-corrected chi connectivity index (χ2v) is 9.29. The molecule has 2 nitrogen and oxygen atoms in total. The fourth-order valence-corrected chi connectivity index (χ4v) is 6.65. The molecule has 0 saturated carbocycles. The van der Waals surface area contributed by atoms with E-state index in [1.807, 2.05) is 72.8 Å². The molecular weight excluding hydrogens is 428 g/mol. The average molecular weight is 447 g/mol. The van der Waals surface area contributed by atoms with E-state index in [9.17, 15) is 4.57 Å². The Balaban J connectivity index is 2.07. The first-order chi connectivity index (χ1) is 11.6. The third-order valence-electron chi connectivity index (χ3n) is 3.99. The van der Waals surface area contributed by atoms with Gasteiger partial charge in [0, 0.05) is 20.2 Å². The van der Waals surface area contributed by atoms with E-state index < -0.39 is 7.29 Å². The zero-order chi connectivity index (χ0) is 17.0. The Labute approximate surface area is 156 Å². The molecule has 0 heterocycles. The lowest BCUT2D eigenvalue weighted by atomic mass is 10.1. The molecule has 0 aliphatic heterocycles. The molecule has 0 fully saturated rings. The van der Waals surface area contributed by atoms with Gasteiger partial charge in [0.05, 0.1) is 0 Å². The maximum Gasteiger partial charge on any atom is 0.206 e. The summed E-state index contributed by atoms with van der Waals surface area (Å²) in [5.41, 5.74) is 1.12. The summed E-state index contributed by atoms with van der Waals surface area (Å²) in [5.74, 6) is 0. The van der Waals surface area contributed by atoms with Crippen molar-refractivity contribution in [3.8, 4) is 0 Å². The molecule has 0 aliphatic carbocycles. The summed E-state index contributed by atoms with van der Waals surface area (Å²) < 4.78 is 15.1. The summed E-state index contributed by atoms with van der Waals surface area (Å²) in [6, 6.07) is 27.7. The van der Waals surface area contributed by atoms with Gasteiger partial charge in [0.15, 0.2) is 0 Å². The van der Waals surface area contributed by atoms with Gasteiger partial charge in [-0.25, -0.2) is 0 Å². The van der Waals surface area contributed by atoms with Crippen molar-refractivity contribution in [1.82, 2.24) is 5.09 Å². The largest absolute Gasteiger partial charge is 0.296 e. The maximum absolute atomic E-state index is 14.1. The second-order valence-electron chi connectivity index (χ2n) is 5.66. The molecule has 1 N–H and O–H groups in total. The van der Waals surface area contributed by atoms with Gasteiger partial charge < -0.3 is 0 Å². The van der Waals surface area contributed by atoms with Crippen molar-refractivity contribution in [1.29, 1.82) is 0 Å². The number of benzene rings is 3. The van der Waals surface area contributed by atoms with E-state index in [1.54, 1.807) is 0 Å². The van der Waals surface area contributed by atoms with Crippen LogP contribution < -0.4 is 15.7 Å². The Morgan fingerprint density at radius 2 is 1.38 bits per heavy atom. The molecule has 2 unspecified atom stereocenters. The van der Waals surface area contributed by atoms with Crippen LogP contribution in [0.4, 0.5) is 0 Å². The molecule has 3 aromatic rings. The zero-order valence-corrected chi connectivity index (χ0v) is 16.4. The van der Waals surface area contributed by atoms with Crippen LogP contribution in [0.2, 0.25) is 0 Å². The fourth-order valence-electron chi connectivity index (χ4n) is 2.72. The molecule has 4 heteroatoms. The quantitative estimate of drug-likeness (QED) is 0.447. The highest BCUT2D eigenvalue weighted by molar-refractivity contribution is 14.1. The van der Waals surface area contributed by atoms with Gasteiger partial charge in [-0.3, -0.25) is 9.65 Å². The van der Waals surface area contributed by atoms with Crippen LogP contribution >= 0.6 is 29.9 Å². The lowest BCUT2D eigenvalue weighted by molar-refractivity contribution is 0.568. The lowest BCUT2D eigenvalue weighted by Crippen LogP contribution is -2.30. The number of hydrogen-bond donors (Lipinski definition) is 1. The monoisotopic (exact) mass is 447 g/mol. The van der Waals surface area contributed by atoms with E-state index in [2.05, 4.69) is 46.7 Å². The van der Waals surface area contributed by atoms with Gasteiger partial charge in [0.25, 0.3) is 0 Å². The molecule has 0 aliphatic rings. The predicted molar refractivity (Wildman–Crippen MR) is 110 cm³/mol. The highest BCUT2D eigenvalue weighted by Gasteiger charge is 2.30. The number of nitrogens with one attached hydrogen (secondary N) is 1. The first kappa shape index (κ1) is 17.4. The molecule has 3 aromatic carbocycles. The predicted octanol–water partition coefficient (Wildman–Crippen LogP) is 4.87. The van der Waals surface area contributed by atoms with Crippen molar-refractivity contribution in [3.05, 3.63) is 94.1 Å². The van der Waals surface area contributed by atoms with Crippen molar-refractivity contribution >= 4 is 40.5 Å². The van der Waals surface area contributed by atoms with Crippen LogP contribution in [0.15, 0.2) is 84.9 Å². The molecule has 0 aromatic heterocycles. The minimum absolute atomic E-state index is 0.0201. The molecule has 24 heavy (non-hydrogen) atoms. The molecule has 0 spiro atoms. The van der Waals surface area contributed by atoms with Gasteiger partial charge in [0.1, 0.15) is 0 Å². The lowest BCUT2D eigenvalue weighted by Gasteiger charge is -2.26. The summed E-state index contributed by atoms with van der Waals surface area (Å²) in [7, 11) is -2.94. The van der Waals surface area contributed by atoms with Crippen LogP contribution in [0.5, 0.6) is 0 Å². The summed E-state index contributed by atoms with van der Waals surface area (Å²) in [5, 5.41) is 5.12. The summed E-state index contributed by atoms with van der Waals surface area (Å²) in [6.07, 6.45) is 0. The third-order valence-corrected chi connectivity index (χ3v) is 8.20. The van der Waals surface area contributed by atoms with Crippen LogP contribution in [0.25, 0.3) is 0 Å². The van der Waals surface area contributed by atoms with Crippen LogP contribution in [-0.4, -0.2) is 0 Å². The fraction of sp³-hybridized carbons (Fsp3) is 0.100. The second kappa shape index (κ2) is 7.64. The van der Waals surface area contributed by atoms with Gasteiger partial charge in [0.2, 0.25) is 7.29 Å². The first-order valence-electron chi connectivity index (χ1n) is 7.85. The molecule has 2 atom stereocenters. The van der Waals surface area contributed by atoms with E-state index in [4.69, 9.17) is 0 Å². The van der Waals surface area contributed by atoms with Gasteiger partial charge in [-0.2, -0.15) is 0 Å². The van der Waals surface area contributed by atoms with Crippen LogP contribution in [-0.2, 0) is 4.57 Å². The van der Waals surface area contributed by atoms with Crippen LogP contribution in [0, 0.1) is 3.57 Å². The molecule has 0 bridgehead atoms. The smallest absolute Gasteiger partial charge is 0.206 e. The van der Waals surface area contributed by atoms with Gasteiger partial charge >= 0.3 is 0 Å². The molecule has 122 valence electrons. The Bertz CT molecular complexity index is 852. The Hall–Kier alpha value is -1.42. The zero-order valence-electron chi connectivity index (χ0n) is 13.4. The average Bonchev–Trinajstić information content (AvgIpc) is 2.63. The first-order valence-corrected chi connectivity index (χ1v) is 10.6. The van der Waals surface area contributed by atoms with Crippen molar-refractivity contribution in [2.45, 2.75) is 13.0 Å².